The van der Waals surface area contributed by atoms with Crippen LogP contribution in [-0.4, -0.2) is 22.8 Å². The third kappa shape index (κ3) is 12.8. The maximum atomic E-state index is 14.0. The van der Waals surface area contributed by atoms with E-state index in [1.807, 2.05) is 97.1 Å². The fourth-order valence-corrected chi connectivity index (χ4v) is 11.7. The molecule has 420 valence electrons. The Kier molecular flexibility index (Phi) is 18.6. The Morgan fingerprint density at radius 1 is 0.309 bits per heavy atom. The highest BCUT2D eigenvalue weighted by molar-refractivity contribution is 6.09. The zero-order valence-electron chi connectivity index (χ0n) is 50.1. The van der Waals surface area contributed by atoms with E-state index in [1.165, 1.54) is 16.7 Å². The van der Waals surface area contributed by atoms with Crippen LogP contribution < -0.4 is 18.9 Å². The van der Waals surface area contributed by atoms with Gasteiger partial charge in [-0.15, -0.1) is 0 Å². The topological polar surface area (TPSA) is 71.1 Å². The highest BCUT2D eigenvalue weighted by Gasteiger charge is 2.50. The second-order valence-electron chi connectivity index (χ2n) is 22.9. The summed E-state index contributed by atoms with van der Waals surface area (Å²) in [6, 6.07) is 64.2. The molecule has 0 atom stereocenters. The minimum absolute atomic E-state index is 0.00460. The summed E-state index contributed by atoms with van der Waals surface area (Å²) in [7, 11) is 0. The lowest BCUT2D eigenvalue weighted by Crippen LogP contribution is -2.54. The van der Waals surface area contributed by atoms with Crippen molar-refractivity contribution in [1.29, 1.82) is 0 Å². The van der Waals surface area contributed by atoms with Gasteiger partial charge >= 0.3 is 0 Å². The van der Waals surface area contributed by atoms with Crippen molar-refractivity contribution >= 4 is 11.6 Å². The lowest BCUT2D eigenvalue weighted by Gasteiger charge is -2.50. The molecule has 0 N–H and O–H groups in total. The van der Waals surface area contributed by atoms with Gasteiger partial charge in [-0.3, -0.25) is 9.59 Å². The average Bonchev–Trinajstić information content (AvgIpc) is 3.64. The van der Waals surface area contributed by atoms with E-state index in [0.29, 0.717) is 39.5 Å². The lowest BCUT2D eigenvalue weighted by atomic mass is 9.61. The van der Waals surface area contributed by atoms with Crippen molar-refractivity contribution in [2.75, 3.05) is 0 Å². The van der Waals surface area contributed by atoms with Crippen LogP contribution in [0.3, 0.4) is 0 Å². The maximum absolute atomic E-state index is 14.0. The minimum Gasteiger partial charge on any atom is -0.488 e. The maximum Gasteiger partial charge on any atom is 0.193 e. The lowest BCUT2D eigenvalue weighted by molar-refractivity contribution is -0.0283. The molecular formula is C75H84O6. The van der Waals surface area contributed by atoms with Crippen LogP contribution in [0.2, 0.25) is 0 Å². The molecule has 8 aromatic rings. The van der Waals surface area contributed by atoms with Crippen LogP contribution in [0, 0.1) is 0 Å². The predicted octanol–water partition coefficient (Wildman–Crippen LogP) is 20.5. The van der Waals surface area contributed by atoms with Crippen LogP contribution in [-0.2, 0) is 16.2 Å². The Balaban J connectivity index is 0.874. The number of carbonyl (C=O) groups excluding carboxylic acids is 2. The molecule has 0 aromatic heterocycles. The molecule has 6 heteroatoms. The molecule has 0 saturated carbocycles. The van der Waals surface area contributed by atoms with Crippen molar-refractivity contribution in [1.82, 2.24) is 0 Å². The first-order valence-electron chi connectivity index (χ1n) is 29.6. The van der Waals surface area contributed by atoms with Gasteiger partial charge in [0, 0.05) is 33.1 Å². The van der Waals surface area contributed by atoms with Gasteiger partial charge in [0.25, 0.3) is 0 Å². The normalized spacial score (nSPS) is 12.2. The number of benzene rings is 8. The zero-order valence-corrected chi connectivity index (χ0v) is 50.1. The summed E-state index contributed by atoms with van der Waals surface area (Å²) in [5.41, 5.74) is 8.37. The summed E-state index contributed by atoms with van der Waals surface area (Å²) < 4.78 is 26.0. The molecule has 0 saturated heterocycles. The molecule has 8 rings (SSSR count). The van der Waals surface area contributed by atoms with Crippen LogP contribution >= 0.6 is 0 Å². The van der Waals surface area contributed by atoms with Crippen LogP contribution in [0.4, 0.5) is 0 Å². The van der Waals surface area contributed by atoms with E-state index in [0.717, 1.165) is 85.3 Å². The van der Waals surface area contributed by atoms with E-state index >= 15 is 0 Å². The van der Waals surface area contributed by atoms with Gasteiger partial charge in [-0.2, -0.15) is 0 Å². The molecule has 0 spiro atoms. The minimum atomic E-state index is -0.509. The van der Waals surface area contributed by atoms with Gasteiger partial charge < -0.3 is 18.9 Å². The summed E-state index contributed by atoms with van der Waals surface area (Å²) in [5, 5.41) is 0. The molecule has 0 aliphatic rings. The monoisotopic (exact) mass is 1080 g/mol. The van der Waals surface area contributed by atoms with Crippen LogP contribution in [0.15, 0.2) is 194 Å². The van der Waals surface area contributed by atoms with Crippen molar-refractivity contribution in [3.05, 3.63) is 239 Å². The Hall–Kier alpha value is -7.70. The van der Waals surface area contributed by atoms with Crippen molar-refractivity contribution in [2.45, 2.75) is 162 Å². The highest BCUT2D eigenvalue weighted by Crippen LogP contribution is 2.49. The smallest absolute Gasteiger partial charge is 0.193 e. The van der Waals surface area contributed by atoms with Crippen molar-refractivity contribution in [3.63, 3.8) is 0 Å². The molecule has 0 amide bonds. The van der Waals surface area contributed by atoms with Gasteiger partial charge in [0.15, 0.2) is 11.6 Å². The quantitative estimate of drug-likeness (QED) is 0.0503. The van der Waals surface area contributed by atoms with Crippen molar-refractivity contribution in [3.8, 4) is 45.6 Å². The summed E-state index contributed by atoms with van der Waals surface area (Å²) in [6.07, 6.45) is 7.35. The highest BCUT2D eigenvalue weighted by atomic mass is 16.5. The van der Waals surface area contributed by atoms with Gasteiger partial charge in [-0.1, -0.05) is 173 Å². The van der Waals surface area contributed by atoms with Crippen LogP contribution in [0.25, 0.3) is 11.1 Å². The SMILES string of the molecule is CCC(C)(CC)Oc1ccc(C(C)(C)c2ccc(Oc3ccc(C(=O)c4ccc(C(CC)(CC)C(CC)(CC)Oc5ccc(-c6ccc(Oc7ccc(C(=O)c8ccc(C(C)(CC)CC)cc8)cc7)cc6)cc5)cc4)cc3)cc2)cc1. The summed E-state index contributed by atoms with van der Waals surface area (Å²) in [6.45, 7) is 26.6. The Bertz CT molecular complexity index is 3300. The first-order valence-corrected chi connectivity index (χ1v) is 29.6. The predicted molar refractivity (Wildman–Crippen MR) is 333 cm³/mol. The molecule has 8 aromatic carbocycles. The van der Waals surface area contributed by atoms with E-state index in [1.54, 1.807) is 0 Å². The second-order valence-corrected chi connectivity index (χ2v) is 22.9. The first kappa shape index (κ1) is 59.4. The van der Waals surface area contributed by atoms with E-state index in [4.69, 9.17) is 18.9 Å². The number of ether oxygens (including phenoxy) is 4. The summed E-state index contributed by atoms with van der Waals surface area (Å²) >= 11 is 0. The largest absolute Gasteiger partial charge is 0.488 e. The van der Waals surface area contributed by atoms with E-state index in [-0.39, 0.29) is 33.4 Å². The van der Waals surface area contributed by atoms with Gasteiger partial charge in [-0.05, 0) is 194 Å². The molecule has 0 unspecified atom stereocenters. The van der Waals surface area contributed by atoms with E-state index in [9.17, 15) is 9.59 Å². The molecule has 0 radical (unpaired) electrons. The molecule has 0 heterocycles. The Morgan fingerprint density at radius 3 is 0.951 bits per heavy atom. The van der Waals surface area contributed by atoms with E-state index < -0.39 is 5.60 Å². The Morgan fingerprint density at radius 2 is 0.605 bits per heavy atom. The second kappa shape index (κ2) is 25.4. The average molecular weight is 1080 g/mol. The van der Waals surface area contributed by atoms with Crippen LogP contribution in [0.1, 0.15) is 189 Å². The molecular weight excluding hydrogens is 997 g/mol. The first-order chi connectivity index (χ1) is 38.9. The molecule has 0 fully saturated rings. The molecule has 0 aliphatic carbocycles. The van der Waals surface area contributed by atoms with Crippen LogP contribution in [0.5, 0.6) is 34.5 Å². The van der Waals surface area contributed by atoms with Gasteiger partial charge in [0.1, 0.15) is 45.7 Å². The van der Waals surface area contributed by atoms with Crippen molar-refractivity contribution in [2.24, 2.45) is 0 Å². The Labute approximate surface area is 483 Å². The number of hydrogen-bond acceptors (Lipinski definition) is 6. The molecule has 0 bridgehead atoms. The number of rotatable bonds is 26. The van der Waals surface area contributed by atoms with E-state index in [2.05, 4.69) is 180 Å². The van der Waals surface area contributed by atoms with Gasteiger partial charge in [0.05, 0.1) is 0 Å². The zero-order chi connectivity index (χ0) is 58.0. The third-order valence-electron chi connectivity index (χ3n) is 18.4. The molecule has 0 aliphatic heterocycles. The fourth-order valence-electron chi connectivity index (χ4n) is 11.7. The third-order valence-corrected chi connectivity index (χ3v) is 18.4. The summed E-state index contributed by atoms with van der Waals surface area (Å²) in [5.74, 6) is 4.43. The van der Waals surface area contributed by atoms with Gasteiger partial charge in [-0.25, -0.2) is 0 Å². The number of carbonyl (C=O) groups is 2. The van der Waals surface area contributed by atoms with Crippen molar-refractivity contribution < 1.29 is 28.5 Å². The summed E-state index contributed by atoms with van der Waals surface area (Å²) in [4.78, 5) is 27.3. The number of hydrogen-bond donors (Lipinski definition) is 0. The standard InChI is InChI=1S/C75H84O6/c1-13-72(11,14-2)61-33-21-55(22-34-61)69(76)57-29-43-64(44-30-57)78-63-41-25-53(26-42-63)54-27-47-68(48-28-54)81-75(19-7,20-8)74(17-5,18-6)62-35-23-56(24-36-62)70(77)58-31-45-65(46-32-58)79-66-49-37-59(38-50-66)71(9,10)60-39-51-67(52-40-60)80-73(12,15-3)16-4/h21-52H,13-20H2,1-12H3. The number of ketones is 2. The fraction of sp³-hybridized carbons (Fsp3) is 0.333. The van der Waals surface area contributed by atoms with Gasteiger partial charge in [0.2, 0.25) is 0 Å². The molecule has 81 heavy (non-hydrogen) atoms. The molecule has 6 nitrogen and oxygen atoms in total.